The van der Waals surface area contributed by atoms with Crippen LogP contribution in [0.4, 0.5) is 11.8 Å². The number of anilines is 2. The molecule has 1 aromatic heterocycles. The lowest BCUT2D eigenvalue weighted by Crippen LogP contribution is -2.24. The Kier molecular flexibility index (Phi) is 3.63. The molecule has 1 aliphatic rings. The molecule has 1 aromatic rings. The van der Waals surface area contributed by atoms with Gasteiger partial charge in [0.2, 0.25) is 5.95 Å². The molecule has 4 nitrogen and oxygen atoms in total. The van der Waals surface area contributed by atoms with E-state index in [1.54, 1.807) is 6.20 Å². The van der Waals surface area contributed by atoms with E-state index in [0.29, 0.717) is 12.0 Å². The highest BCUT2D eigenvalue weighted by Gasteiger charge is 2.22. The zero-order valence-electron chi connectivity index (χ0n) is 9.41. The standard InChI is InChI=1S/C11H17BrN4/c1-7(8-4-2-3-5-8)15-10-9(12)6-14-11(13)16-10/h6-8H,2-5H2,1H3,(H3,13,14,15,16). The van der Waals surface area contributed by atoms with E-state index in [2.05, 4.69) is 38.1 Å². The van der Waals surface area contributed by atoms with Crippen molar-refractivity contribution in [2.75, 3.05) is 11.1 Å². The Morgan fingerprint density at radius 1 is 1.50 bits per heavy atom. The zero-order valence-corrected chi connectivity index (χ0v) is 11.0. The van der Waals surface area contributed by atoms with Gasteiger partial charge >= 0.3 is 0 Å². The van der Waals surface area contributed by atoms with Crippen LogP contribution < -0.4 is 11.1 Å². The highest BCUT2D eigenvalue weighted by Crippen LogP contribution is 2.30. The predicted octanol–water partition coefficient (Wildman–Crippen LogP) is 2.81. The normalized spacial score (nSPS) is 18.6. The maximum atomic E-state index is 5.57. The fraction of sp³-hybridized carbons (Fsp3) is 0.636. The van der Waals surface area contributed by atoms with Crippen LogP contribution in [0.5, 0.6) is 0 Å². The number of hydrogen-bond acceptors (Lipinski definition) is 4. The van der Waals surface area contributed by atoms with Crippen molar-refractivity contribution in [3.8, 4) is 0 Å². The number of halogens is 1. The smallest absolute Gasteiger partial charge is 0.221 e. The minimum atomic E-state index is 0.310. The van der Waals surface area contributed by atoms with E-state index < -0.39 is 0 Å². The average Bonchev–Trinajstić information content (AvgIpc) is 2.76. The molecule has 0 spiro atoms. The highest BCUT2D eigenvalue weighted by molar-refractivity contribution is 9.10. The van der Waals surface area contributed by atoms with Crippen molar-refractivity contribution in [1.82, 2.24) is 9.97 Å². The van der Waals surface area contributed by atoms with Gasteiger partial charge in [-0.2, -0.15) is 4.98 Å². The molecule has 3 N–H and O–H groups in total. The zero-order chi connectivity index (χ0) is 11.5. The van der Waals surface area contributed by atoms with Crippen molar-refractivity contribution in [2.45, 2.75) is 38.6 Å². The van der Waals surface area contributed by atoms with Crippen LogP contribution in [0, 0.1) is 5.92 Å². The molecule has 0 bridgehead atoms. The van der Waals surface area contributed by atoms with E-state index in [1.807, 2.05) is 0 Å². The molecule has 0 aromatic carbocycles. The summed E-state index contributed by atoms with van der Waals surface area (Å²) in [5.74, 6) is 1.86. The van der Waals surface area contributed by atoms with Crippen molar-refractivity contribution in [3.05, 3.63) is 10.7 Å². The van der Waals surface area contributed by atoms with Gasteiger partial charge in [0.25, 0.3) is 0 Å². The summed E-state index contributed by atoms with van der Waals surface area (Å²) in [5.41, 5.74) is 5.57. The molecule has 1 saturated carbocycles. The Morgan fingerprint density at radius 2 is 2.19 bits per heavy atom. The van der Waals surface area contributed by atoms with Gasteiger partial charge in [-0.1, -0.05) is 12.8 Å². The van der Waals surface area contributed by atoms with Crippen molar-refractivity contribution >= 4 is 27.7 Å². The first-order valence-electron chi connectivity index (χ1n) is 5.71. The largest absolute Gasteiger partial charge is 0.368 e. The Bertz CT molecular complexity index is 363. The molecule has 0 aliphatic heterocycles. The Morgan fingerprint density at radius 3 is 2.88 bits per heavy atom. The molecule has 1 aliphatic carbocycles. The van der Waals surface area contributed by atoms with Crippen molar-refractivity contribution in [3.63, 3.8) is 0 Å². The van der Waals surface area contributed by atoms with E-state index in [0.717, 1.165) is 16.2 Å². The van der Waals surface area contributed by atoms with Crippen molar-refractivity contribution < 1.29 is 0 Å². The van der Waals surface area contributed by atoms with Crippen LogP contribution in [0.25, 0.3) is 0 Å². The summed E-state index contributed by atoms with van der Waals surface area (Å²) in [6, 6.07) is 0.438. The Balaban J connectivity index is 2.04. The van der Waals surface area contributed by atoms with E-state index in [1.165, 1.54) is 25.7 Å². The van der Waals surface area contributed by atoms with E-state index in [-0.39, 0.29) is 0 Å². The lowest BCUT2D eigenvalue weighted by molar-refractivity contribution is 0.481. The van der Waals surface area contributed by atoms with Crippen LogP contribution in [0.2, 0.25) is 0 Å². The number of nitrogens with zero attached hydrogens (tertiary/aromatic N) is 2. The van der Waals surface area contributed by atoms with Crippen LogP contribution >= 0.6 is 15.9 Å². The van der Waals surface area contributed by atoms with Gasteiger partial charge in [0, 0.05) is 12.2 Å². The van der Waals surface area contributed by atoms with Crippen LogP contribution in [-0.2, 0) is 0 Å². The fourth-order valence-electron chi connectivity index (χ4n) is 2.27. The molecule has 0 amide bonds. The molecule has 1 unspecified atom stereocenters. The maximum absolute atomic E-state index is 5.57. The summed E-state index contributed by atoms with van der Waals surface area (Å²) in [4.78, 5) is 8.12. The van der Waals surface area contributed by atoms with Crippen LogP contribution in [0.15, 0.2) is 10.7 Å². The number of hydrogen-bond donors (Lipinski definition) is 2. The van der Waals surface area contributed by atoms with E-state index in [4.69, 9.17) is 5.73 Å². The fourth-order valence-corrected chi connectivity index (χ4v) is 2.58. The quantitative estimate of drug-likeness (QED) is 0.896. The molecule has 0 radical (unpaired) electrons. The van der Waals surface area contributed by atoms with Gasteiger partial charge in [0.1, 0.15) is 5.82 Å². The lowest BCUT2D eigenvalue weighted by atomic mass is 10.00. The summed E-state index contributed by atoms with van der Waals surface area (Å²) >= 11 is 3.42. The Labute approximate surface area is 104 Å². The summed E-state index contributed by atoms with van der Waals surface area (Å²) in [6.45, 7) is 2.21. The van der Waals surface area contributed by atoms with Crippen LogP contribution in [0.3, 0.4) is 0 Å². The molecule has 88 valence electrons. The summed E-state index contributed by atoms with van der Waals surface area (Å²) in [7, 11) is 0. The van der Waals surface area contributed by atoms with Gasteiger partial charge < -0.3 is 11.1 Å². The first-order valence-corrected chi connectivity index (χ1v) is 6.50. The molecule has 0 saturated heterocycles. The monoisotopic (exact) mass is 284 g/mol. The summed E-state index contributed by atoms with van der Waals surface area (Å²) < 4.78 is 0.867. The third kappa shape index (κ3) is 2.64. The lowest BCUT2D eigenvalue weighted by Gasteiger charge is -2.21. The minimum Gasteiger partial charge on any atom is -0.368 e. The number of rotatable bonds is 3. The molecule has 1 fully saturated rings. The Hall–Kier alpha value is -0.840. The number of nitrogen functional groups attached to an aromatic ring is 1. The second-order valence-corrected chi connectivity index (χ2v) is 5.26. The second kappa shape index (κ2) is 4.99. The van der Waals surface area contributed by atoms with Crippen LogP contribution in [0.1, 0.15) is 32.6 Å². The summed E-state index contributed by atoms with van der Waals surface area (Å²) in [6.07, 6.45) is 7.01. The topological polar surface area (TPSA) is 63.8 Å². The van der Waals surface area contributed by atoms with Gasteiger partial charge in [-0.3, -0.25) is 0 Å². The van der Waals surface area contributed by atoms with E-state index in [9.17, 15) is 0 Å². The molecular formula is C11H17BrN4. The first kappa shape index (κ1) is 11.6. The number of aromatic nitrogens is 2. The highest BCUT2D eigenvalue weighted by atomic mass is 79.9. The third-order valence-corrected chi connectivity index (χ3v) is 3.81. The van der Waals surface area contributed by atoms with Crippen molar-refractivity contribution in [1.29, 1.82) is 0 Å². The molecule has 5 heteroatoms. The SMILES string of the molecule is CC(Nc1nc(N)ncc1Br)C1CCCC1. The molecule has 1 atom stereocenters. The maximum Gasteiger partial charge on any atom is 0.221 e. The molecule has 1 heterocycles. The minimum absolute atomic E-state index is 0.310. The van der Waals surface area contributed by atoms with Crippen molar-refractivity contribution in [2.24, 2.45) is 5.92 Å². The molecule has 2 rings (SSSR count). The average molecular weight is 285 g/mol. The summed E-state index contributed by atoms with van der Waals surface area (Å²) in [5, 5.41) is 3.41. The van der Waals surface area contributed by atoms with Gasteiger partial charge in [0.15, 0.2) is 0 Å². The molecular weight excluding hydrogens is 268 g/mol. The second-order valence-electron chi connectivity index (χ2n) is 4.40. The van der Waals surface area contributed by atoms with Gasteiger partial charge in [0.05, 0.1) is 4.47 Å². The third-order valence-electron chi connectivity index (χ3n) is 3.23. The van der Waals surface area contributed by atoms with E-state index >= 15 is 0 Å². The predicted molar refractivity (Wildman–Crippen MR) is 69.2 cm³/mol. The first-order chi connectivity index (χ1) is 7.66. The molecule has 16 heavy (non-hydrogen) atoms. The van der Waals surface area contributed by atoms with Gasteiger partial charge in [-0.15, -0.1) is 0 Å². The van der Waals surface area contributed by atoms with Gasteiger partial charge in [-0.05, 0) is 41.6 Å². The van der Waals surface area contributed by atoms with Gasteiger partial charge in [-0.25, -0.2) is 4.98 Å². The number of nitrogens with two attached hydrogens (primary N) is 1. The van der Waals surface area contributed by atoms with Crippen LogP contribution in [-0.4, -0.2) is 16.0 Å². The number of nitrogens with one attached hydrogen (secondary N) is 1.